The lowest BCUT2D eigenvalue weighted by molar-refractivity contribution is -0.142. The third-order valence-corrected chi connectivity index (χ3v) is 5.29. The van der Waals surface area contributed by atoms with E-state index in [9.17, 15) is 13.2 Å². The Balaban J connectivity index is 1.81. The number of aromatic nitrogens is 5. The Bertz CT molecular complexity index is 1450. The highest BCUT2D eigenvalue weighted by Gasteiger charge is 2.41. The van der Waals surface area contributed by atoms with E-state index >= 15 is 0 Å². The molecule has 0 spiro atoms. The molecule has 0 saturated carbocycles. The minimum absolute atomic E-state index is 0.111. The molecule has 8 nitrogen and oxygen atoms in total. The fourth-order valence-corrected chi connectivity index (χ4v) is 3.83. The highest BCUT2D eigenvalue weighted by Crippen LogP contribution is 2.47. The summed E-state index contributed by atoms with van der Waals surface area (Å²) in [6, 6.07) is 7.87. The maximum atomic E-state index is 14.3. The topological polar surface area (TPSA) is 92.0 Å². The van der Waals surface area contributed by atoms with Crippen molar-refractivity contribution in [2.75, 3.05) is 7.11 Å². The molecule has 0 unspecified atom stereocenters. The first-order valence-electron chi connectivity index (χ1n) is 9.67. The van der Waals surface area contributed by atoms with E-state index in [0.29, 0.717) is 11.3 Å². The van der Waals surface area contributed by atoms with Crippen LogP contribution in [-0.2, 0) is 6.18 Å². The average molecular weight is 488 g/mol. The Morgan fingerprint density at radius 2 is 1.88 bits per heavy atom. The lowest BCUT2D eigenvalue weighted by Crippen LogP contribution is -2.14. The molecular formula is C22H13ClF3N5O3. The fraction of sp³-hybridized carbons (Fsp3) is 0.0909. The van der Waals surface area contributed by atoms with Crippen molar-refractivity contribution >= 4 is 11.6 Å². The Labute approximate surface area is 194 Å². The standard InChI is InChI=1S/C22H13ClF3N5O3/c1-32-15-6-2-5-14(23)17(15)19-18(16-10-28-11-33-16)20(34-30-19)13-9-29-31(21(13)22(24,25)26)12-4-3-7-27-8-12/h2-11H,1H3. The number of ether oxygens (including phenoxy) is 1. The van der Waals surface area contributed by atoms with Crippen molar-refractivity contribution in [3.05, 3.63) is 72.2 Å². The minimum atomic E-state index is -4.80. The van der Waals surface area contributed by atoms with Crippen molar-refractivity contribution in [1.29, 1.82) is 0 Å². The van der Waals surface area contributed by atoms with Crippen LogP contribution in [0.1, 0.15) is 5.69 Å². The first kappa shape index (κ1) is 21.7. The van der Waals surface area contributed by atoms with Gasteiger partial charge < -0.3 is 13.7 Å². The van der Waals surface area contributed by atoms with Crippen molar-refractivity contribution in [2.24, 2.45) is 0 Å². The van der Waals surface area contributed by atoms with E-state index < -0.39 is 11.9 Å². The zero-order valence-corrected chi connectivity index (χ0v) is 18.0. The Kier molecular flexibility index (Phi) is 5.33. The van der Waals surface area contributed by atoms with Crippen LogP contribution in [0, 0.1) is 0 Å². The summed E-state index contributed by atoms with van der Waals surface area (Å²) in [5.41, 5.74) is -0.754. The number of rotatable bonds is 5. The van der Waals surface area contributed by atoms with Gasteiger partial charge in [-0.1, -0.05) is 22.8 Å². The average Bonchev–Trinajstić information content (AvgIpc) is 3.57. The number of oxazole rings is 1. The van der Waals surface area contributed by atoms with Crippen molar-refractivity contribution in [3.8, 4) is 45.3 Å². The number of benzene rings is 1. The van der Waals surface area contributed by atoms with Gasteiger partial charge in [0.25, 0.3) is 0 Å². The quantitative estimate of drug-likeness (QED) is 0.303. The molecule has 5 aromatic rings. The molecule has 4 aromatic heterocycles. The van der Waals surface area contributed by atoms with Gasteiger partial charge in [0.2, 0.25) is 0 Å². The highest BCUT2D eigenvalue weighted by molar-refractivity contribution is 6.33. The van der Waals surface area contributed by atoms with Crippen LogP contribution >= 0.6 is 11.6 Å². The molecule has 172 valence electrons. The molecule has 0 bridgehead atoms. The number of methoxy groups -OCH3 is 1. The Morgan fingerprint density at radius 1 is 1.03 bits per heavy atom. The summed E-state index contributed by atoms with van der Waals surface area (Å²) in [7, 11) is 1.43. The second kappa shape index (κ2) is 8.34. The van der Waals surface area contributed by atoms with Crippen LogP contribution in [0.15, 0.2) is 70.5 Å². The Morgan fingerprint density at radius 3 is 2.56 bits per heavy atom. The number of pyridine rings is 1. The maximum Gasteiger partial charge on any atom is 0.434 e. The summed E-state index contributed by atoms with van der Waals surface area (Å²) in [5.74, 6) is 0.238. The molecule has 34 heavy (non-hydrogen) atoms. The predicted molar refractivity (Wildman–Crippen MR) is 114 cm³/mol. The molecule has 4 heterocycles. The van der Waals surface area contributed by atoms with Gasteiger partial charge in [-0.2, -0.15) is 18.3 Å². The minimum Gasteiger partial charge on any atom is -0.496 e. The summed E-state index contributed by atoms with van der Waals surface area (Å²) >= 11 is 6.41. The van der Waals surface area contributed by atoms with Gasteiger partial charge in [0.15, 0.2) is 23.6 Å². The van der Waals surface area contributed by atoms with E-state index in [0.717, 1.165) is 17.3 Å². The van der Waals surface area contributed by atoms with Crippen LogP contribution in [0.5, 0.6) is 5.75 Å². The third-order valence-electron chi connectivity index (χ3n) is 4.98. The van der Waals surface area contributed by atoms with Gasteiger partial charge in [0.05, 0.1) is 53.1 Å². The second-order valence-corrected chi connectivity index (χ2v) is 7.35. The van der Waals surface area contributed by atoms with Gasteiger partial charge in [-0.05, 0) is 24.3 Å². The number of halogens is 4. The highest BCUT2D eigenvalue weighted by atomic mass is 35.5. The monoisotopic (exact) mass is 487 g/mol. The van der Waals surface area contributed by atoms with E-state index in [1.165, 1.54) is 37.8 Å². The molecule has 0 saturated heterocycles. The molecule has 0 fully saturated rings. The van der Waals surface area contributed by atoms with Crippen LogP contribution < -0.4 is 4.74 Å². The van der Waals surface area contributed by atoms with Crippen molar-refractivity contribution in [1.82, 2.24) is 24.9 Å². The third kappa shape index (κ3) is 3.59. The molecule has 1 aromatic carbocycles. The van der Waals surface area contributed by atoms with Gasteiger partial charge >= 0.3 is 6.18 Å². The van der Waals surface area contributed by atoms with E-state index in [4.69, 9.17) is 25.3 Å². The van der Waals surface area contributed by atoms with Crippen molar-refractivity contribution in [3.63, 3.8) is 0 Å². The van der Waals surface area contributed by atoms with E-state index in [-0.39, 0.29) is 39.1 Å². The largest absolute Gasteiger partial charge is 0.496 e. The van der Waals surface area contributed by atoms with Crippen molar-refractivity contribution < 1.29 is 26.8 Å². The van der Waals surface area contributed by atoms with E-state index in [2.05, 4.69) is 20.2 Å². The van der Waals surface area contributed by atoms with Crippen LogP contribution in [0.3, 0.4) is 0 Å². The molecule has 0 aliphatic rings. The molecule has 0 N–H and O–H groups in total. The summed E-state index contributed by atoms with van der Waals surface area (Å²) in [4.78, 5) is 7.77. The van der Waals surface area contributed by atoms with E-state index in [1.807, 2.05) is 0 Å². The van der Waals surface area contributed by atoms with Crippen molar-refractivity contribution in [2.45, 2.75) is 6.18 Å². The van der Waals surface area contributed by atoms with Gasteiger partial charge in [-0.25, -0.2) is 9.67 Å². The molecule has 0 atom stereocenters. The zero-order chi connectivity index (χ0) is 23.9. The molecule has 0 aliphatic carbocycles. The van der Waals surface area contributed by atoms with Crippen LogP contribution in [0.2, 0.25) is 5.02 Å². The lowest BCUT2D eigenvalue weighted by Gasteiger charge is -2.12. The molecule has 0 amide bonds. The number of hydrogen-bond acceptors (Lipinski definition) is 7. The van der Waals surface area contributed by atoms with Gasteiger partial charge in [-0.15, -0.1) is 0 Å². The van der Waals surface area contributed by atoms with Crippen LogP contribution in [0.4, 0.5) is 13.2 Å². The lowest BCUT2D eigenvalue weighted by atomic mass is 10.00. The summed E-state index contributed by atoms with van der Waals surface area (Å²) in [5, 5.41) is 8.26. The number of alkyl halides is 3. The Hall–Kier alpha value is -4.12. The van der Waals surface area contributed by atoms with Crippen LogP contribution in [0.25, 0.3) is 39.6 Å². The van der Waals surface area contributed by atoms with Crippen LogP contribution in [-0.4, -0.2) is 32.0 Å². The zero-order valence-electron chi connectivity index (χ0n) is 17.2. The van der Waals surface area contributed by atoms with Gasteiger partial charge in [0.1, 0.15) is 11.4 Å². The van der Waals surface area contributed by atoms with Gasteiger partial charge in [0, 0.05) is 6.20 Å². The SMILES string of the molecule is COc1cccc(Cl)c1-c1noc(-c2cnn(-c3cccnc3)c2C(F)(F)F)c1-c1cnco1. The summed E-state index contributed by atoms with van der Waals surface area (Å²) in [6.07, 6.45) is 1.44. The van der Waals surface area contributed by atoms with E-state index in [1.54, 1.807) is 18.2 Å². The maximum absolute atomic E-state index is 14.3. The van der Waals surface area contributed by atoms with Gasteiger partial charge in [-0.3, -0.25) is 4.98 Å². The molecule has 5 rings (SSSR count). The number of hydrogen-bond donors (Lipinski definition) is 0. The summed E-state index contributed by atoms with van der Waals surface area (Å²) in [6.45, 7) is 0. The molecule has 0 aliphatic heterocycles. The molecule has 0 radical (unpaired) electrons. The summed E-state index contributed by atoms with van der Waals surface area (Å²) < 4.78 is 59.9. The second-order valence-electron chi connectivity index (χ2n) is 6.95. The first-order chi connectivity index (χ1) is 16.4. The molecular weight excluding hydrogens is 475 g/mol. The molecule has 12 heteroatoms. The first-order valence-corrected chi connectivity index (χ1v) is 10.0. The fourth-order valence-electron chi connectivity index (χ4n) is 3.58. The number of nitrogens with zero attached hydrogens (tertiary/aromatic N) is 5. The predicted octanol–water partition coefficient (Wildman–Crippen LogP) is 5.93. The normalized spacial score (nSPS) is 11.7. The smallest absolute Gasteiger partial charge is 0.434 e.